The molecule has 0 saturated carbocycles. The van der Waals surface area contributed by atoms with Crippen LogP contribution in [0.5, 0.6) is 11.5 Å². The lowest BCUT2D eigenvalue weighted by molar-refractivity contribution is 0.171. The Kier molecular flexibility index (Phi) is 2.99. The molecule has 2 rings (SSSR count). The van der Waals surface area contributed by atoms with Crippen molar-refractivity contribution in [2.75, 3.05) is 25.1 Å². The second kappa shape index (κ2) is 4.43. The van der Waals surface area contributed by atoms with Gasteiger partial charge in [-0.3, -0.25) is 0 Å². The van der Waals surface area contributed by atoms with Crippen molar-refractivity contribution in [3.63, 3.8) is 0 Å². The smallest absolute Gasteiger partial charge is 0.163 e. The van der Waals surface area contributed by atoms with Gasteiger partial charge in [0.1, 0.15) is 13.2 Å². The predicted molar refractivity (Wildman–Crippen MR) is 60.8 cm³/mol. The van der Waals surface area contributed by atoms with Gasteiger partial charge in [0.15, 0.2) is 11.5 Å². The minimum Gasteiger partial charge on any atom is -0.486 e. The van der Waals surface area contributed by atoms with Crippen LogP contribution in [0.2, 0.25) is 0 Å². The summed E-state index contributed by atoms with van der Waals surface area (Å²) >= 11 is 0. The molecule has 3 nitrogen and oxygen atoms in total. The van der Waals surface area contributed by atoms with Crippen molar-refractivity contribution in [1.82, 2.24) is 0 Å². The molecule has 1 heterocycles. The Morgan fingerprint density at radius 2 is 1.93 bits per heavy atom. The van der Waals surface area contributed by atoms with E-state index in [-0.39, 0.29) is 0 Å². The number of hydrogen-bond acceptors (Lipinski definition) is 3. The van der Waals surface area contributed by atoms with E-state index >= 15 is 0 Å². The first kappa shape index (κ1) is 10.1. The second-order valence-corrected chi connectivity index (χ2v) is 4.13. The monoisotopic (exact) mass is 207 g/mol. The topological polar surface area (TPSA) is 30.5 Å². The SMILES string of the molecule is CC(C)CNc1ccc2c(c1)OCCO2. The molecule has 3 heteroatoms. The van der Waals surface area contributed by atoms with E-state index in [0.717, 1.165) is 23.7 Å². The molecule has 0 spiro atoms. The molecule has 15 heavy (non-hydrogen) atoms. The molecule has 0 aliphatic carbocycles. The minimum absolute atomic E-state index is 0.637. The summed E-state index contributed by atoms with van der Waals surface area (Å²) in [5.41, 5.74) is 1.09. The number of benzene rings is 1. The zero-order valence-corrected chi connectivity index (χ0v) is 9.25. The fraction of sp³-hybridized carbons (Fsp3) is 0.500. The van der Waals surface area contributed by atoms with E-state index in [9.17, 15) is 0 Å². The number of nitrogens with one attached hydrogen (secondary N) is 1. The summed E-state index contributed by atoms with van der Waals surface area (Å²) in [6.07, 6.45) is 0. The van der Waals surface area contributed by atoms with Gasteiger partial charge in [0.05, 0.1) is 0 Å². The Morgan fingerprint density at radius 3 is 2.67 bits per heavy atom. The lowest BCUT2D eigenvalue weighted by Gasteiger charge is -2.19. The number of hydrogen-bond donors (Lipinski definition) is 1. The van der Waals surface area contributed by atoms with Gasteiger partial charge in [0.2, 0.25) is 0 Å². The van der Waals surface area contributed by atoms with Crippen LogP contribution in [0.4, 0.5) is 5.69 Å². The highest BCUT2D eigenvalue weighted by Crippen LogP contribution is 2.32. The van der Waals surface area contributed by atoms with Crippen molar-refractivity contribution >= 4 is 5.69 Å². The van der Waals surface area contributed by atoms with Crippen LogP contribution in [-0.2, 0) is 0 Å². The summed E-state index contributed by atoms with van der Waals surface area (Å²) in [6.45, 7) is 6.63. The first-order valence-electron chi connectivity index (χ1n) is 5.39. The third-order valence-corrected chi connectivity index (χ3v) is 2.26. The van der Waals surface area contributed by atoms with Gasteiger partial charge in [-0.05, 0) is 18.1 Å². The molecule has 0 radical (unpaired) electrons. The largest absolute Gasteiger partial charge is 0.486 e. The molecule has 0 fully saturated rings. The van der Waals surface area contributed by atoms with Crippen LogP contribution in [0.25, 0.3) is 0 Å². The van der Waals surface area contributed by atoms with Crippen LogP contribution in [0.15, 0.2) is 18.2 Å². The summed E-state index contributed by atoms with van der Waals surface area (Å²) < 4.78 is 11.0. The second-order valence-electron chi connectivity index (χ2n) is 4.13. The Hall–Kier alpha value is -1.38. The molecule has 0 amide bonds. The highest BCUT2D eigenvalue weighted by molar-refractivity contribution is 5.55. The van der Waals surface area contributed by atoms with Crippen molar-refractivity contribution in [2.24, 2.45) is 5.92 Å². The molecule has 1 aromatic rings. The quantitative estimate of drug-likeness (QED) is 0.826. The molecular weight excluding hydrogens is 190 g/mol. The molecule has 0 saturated heterocycles. The zero-order chi connectivity index (χ0) is 10.7. The molecule has 1 aliphatic heterocycles. The lowest BCUT2D eigenvalue weighted by atomic mass is 10.2. The Balaban J connectivity index is 2.07. The van der Waals surface area contributed by atoms with E-state index in [1.807, 2.05) is 18.2 Å². The first-order valence-corrected chi connectivity index (χ1v) is 5.39. The van der Waals surface area contributed by atoms with Crippen LogP contribution in [0.1, 0.15) is 13.8 Å². The number of rotatable bonds is 3. The van der Waals surface area contributed by atoms with E-state index in [1.165, 1.54) is 0 Å². The highest BCUT2D eigenvalue weighted by Gasteiger charge is 2.11. The van der Waals surface area contributed by atoms with Crippen molar-refractivity contribution in [1.29, 1.82) is 0 Å². The van der Waals surface area contributed by atoms with Gasteiger partial charge < -0.3 is 14.8 Å². The Bertz CT molecular complexity index is 336. The average Bonchev–Trinajstić information content (AvgIpc) is 2.26. The van der Waals surface area contributed by atoms with Crippen LogP contribution in [0.3, 0.4) is 0 Å². The van der Waals surface area contributed by atoms with Crippen LogP contribution >= 0.6 is 0 Å². The van der Waals surface area contributed by atoms with E-state index in [1.54, 1.807) is 0 Å². The molecule has 0 unspecified atom stereocenters. The maximum absolute atomic E-state index is 5.51. The number of anilines is 1. The van der Waals surface area contributed by atoms with Gasteiger partial charge in [-0.15, -0.1) is 0 Å². The summed E-state index contributed by atoms with van der Waals surface area (Å²) in [5.74, 6) is 2.32. The first-order chi connectivity index (χ1) is 7.25. The fourth-order valence-electron chi connectivity index (χ4n) is 1.48. The third-order valence-electron chi connectivity index (χ3n) is 2.26. The normalized spacial score (nSPS) is 14.1. The maximum atomic E-state index is 5.51. The van der Waals surface area contributed by atoms with Gasteiger partial charge in [-0.25, -0.2) is 0 Å². The van der Waals surface area contributed by atoms with Crippen LogP contribution in [-0.4, -0.2) is 19.8 Å². The molecule has 1 aromatic carbocycles. The number of ether oxygens (including phenoxy) is 2. The Morgan fingerprint density at radius 1 is 1.20 bits per heavy atom. The van der Waals surface area contributed by atoms with Crippen molar-refractivity contribution in [3.05, 3.63) is 18.2 Å². The number of fused-ring (bicyclic) bond motifs is 1. The molecular formula is C12H17NO2. The summed E-state index contributed by atoms with van der Waals surface area (Å²) in [7, 11) is 0. The summed E-state index contributed by atoms with van der Waals surface area (Å²) in [5, 5.41) is 3.36. The van der Waals surface area contributed by atoms with Crippen LogP contribution in [0, 0.1) is 5.92 Å². The molecule has 0 atom stereocenters. The highest BCUT2D eigenvalue weighted by atomic mass is 16.6. The van der Waals surface area contributed by atoms with Gasteiger partial charge in [-0.1, -0.05) is 13.8 Å². The van der Waals surface area contributed by atoms with Crippen LogP contribution < -0.4 is 14.8 Å². The van der Waals surface area contributed by atoms with E-state index in [2.05, 4.69) is 19.2 Å². The standard InChI is InChI=1S/C12H17NO2/c1-9(2)8-13-10-3-4-11-12(7-10)15-6-5-14-11/h3-4,7,9,13H,5-6,8H2,1-2H3. The van der Waals surface area contributed by atoms with Gasteiger partial charge in [0.25, 0.3) is 0 Å². The van der Waals surface area contributed by atoms with Gasteiger partial charge in [-0.2, -0.15) is 0 Å². The van der Waals surface area contributed by atoms with Crippen molar-refractivity contribution < 1.29 is 9.47 Å². The molecule has 1 aliphatic rings. The molecule has 0 bridgehead atoms. The third kappa shape index (κ3) is 2.55. The van der Waals surface area contributed by atoms with Crippen molar-refractivity contribution in [3.8, 4) is 11.5 Å². The predicted octanol–water partition coefficient (Wildman–Crippen LogP) is 2.53. The van der Waals surface area contributed by atoms with Gasteiger partial charge in [0, 0.05) is 18.3 Å². The molecule has 82 valence electrons. The Labute approximate surface area is 90.4 Å². The van der Waals surface area contributed by atoms with E-state index < -0.39 is 0 Å². The van der Waals surface area contributed by atoms with E-state index in [4.69, 9.17) is 9.47 Å². The maximum Gasteiger partial charge on any atom is 0.163 e. The zero-order valence-electron chi connectivity index (χ0n) is 9.25. The lowest BCUT2D eigenvalue weighted by Crippen LogP contribution is -2.15. The van der Waals surface area contributed by atoms with E-state index in [0.29, 0.717) is 19.1 Å². The average molecular weight is 207 g/mol. The summed E-state index contributed by atoms with van der Waals surface area (Å²) in [4.78, 5) is 0. The summed E-state index contributed by atoms with van der Waals surface area (Å²) in [6, 6.07) is 5.98. The van der Waals surface area contributed by atoms with Crippen molar-refractivity contribution in [2.45, 2.75) is 13.8 Å². The fourth-order valence-corrected chi connectivity index (χ4v) is 1.48. The van der Waals surface area contributed by atoms with Gasteiger partial charge >= 0.3 is 0 Å². The molecule has 1 N–H and O–H groups in total. The minimum atomic E-state index is 0.637. The molecule has 0 aromatic heterocycles.